The number of anilines is 1. The molecule has 0 fully saturated rings. The summed E-state index contributed by atoms with van der Waals surface area (Å²) in [6.45, 7) is 10.6. The predicted molar refractivity (Wildman–Crippen MR) is 127 cm³/mol. The third-order valence-electron chi connectivity index (χ3n) is 5.26. The Bertz CT molecular complexity index is 874. The summed E-state index contributed by atoms with van der Waals surface area (Å²) in [5.41, 5.74) is 9.64. The number of nitrogens with two attached hydrogens (primary N) is 1. The fraction of sp³-hybridized carbons (Fsp3) is 0.480. The van der Waals surface area contributed by atoms with Gasteiger partial charge < -0.3 is 25.8 Å². The summed E-state index contributed by atoms with van der Waals surface area (Å²) < 4.78 is 10.9. The first-order chi connectivity index (χ1) is 14.7. The van der Waals surface area contributed by atoms with E-state index in [9.17, 15) is 4.79 Å². The molecule has 2 aromatic rings. The number of hydrogen-bond acceptors (Lipinski definition) is 5. The maximum Gasteiger partial charge on any atom is 0.228 e. The van der Waals surface area contributed by atoms with Gasteiger partial charge in [-0.25, -0.2) is 0 Å². The van der Waals surface area contributed by atoms with Crippen LogP contribution in [0.15, 0.2) is 36.4 Å². The molecule has 4 N–H and O–H groups in total. The molecule has 0 spiro atoms. The lowest BCUT2D eigenvalue weighted by Gasteiger charge is -2.33. The Labute approximate surface area is 186 Å². The maximum atomic E-state index is 12.6. The molecule has 1 aliphatic rings. The molecule has 0 bridgehead atoms. The highest BCUT2D eigenvalue weighted by Gasteiger charge is 2.35. The monoisotopic (exact) mass is 427 g/mol. The molecule has 3 rings (SSSR count). The molecule has 0 saturated heterocycles. The zero-order valence-corrected chi connectivity index (χ0v) is 19.8. The summed E-state index contributed by atoms with van der Waals surface area (Å²) in [6, 6.07) is 12.4. The standard InChI is InChI=1S/C19H22N2O3.C6H15N/c1-4-11-13-9-16(23-2)17(24-3)10-14(13)18(21-19(11)22)12-7-5-6-8-15(12)20;1-5(2)7-6(3)4/h5-11,18H,4,20H2,1-3H3,(H,21,22);5-7H,1-4H3. The summed E-state index contributed by atoms with van der Waals surface area (Å²) in [5, 5.41) is 6.41. The van der Waals surface area contributed by atoms with E-state index in [0.717, 1.165) is 16.7 Å². The lowest BCUT2D eigenvalue weighted by molar-refractivity contribution is -0.123. The van der Waals surface area contributed by atoms with E-state index in [-0.39, 0.29) is 17.9 Å². The Hall–Kier alpha value is -2.73. The average Bonchev–Trinajstić information content (AvgIpc) is 2.72. The number of nitrogens with one attached hydrogen (secondary N) is 2. The van der Waals surface area contributed by atoms with Crippen molar-refractivity contribution in [1.29, 1.82) is 0 Å². The minimum absolute atomic E-state index is 0.00507. The summed E-state index contributed by atoms with van der Waals surface area (Å²) in [4.78, 5) is 12.6. The largest absolute Gasteiger partial charge is 0.493 e. The van der Waals surface area contributed by atoms with Gasteiger partial charge in [0.25, 0.3) is 0 Å². The number of carbonyl (C=O) groups excluding carboxylic acids is 1. The van der Waals surface area contributed by atoms with E-state index in [1.165, 1.54) is 0 Å². The Morgan fingerprint density at radius 1 is 0.968 bits per heavy atom. The molecule has 2 unspecified atom stereocenters. The van der Waals surface area contributed by atoms with Gasteiger partial charge in [-0.15, -0.1) is 0 Å². The van der Waals surface area contributed by atoms with E-state index >= 15 is 0 Å². The van der Waals surface area contributed by atoms with Crippen LogP contribution in [0.2, 0.25) is 0 Å². The Morgan fingerprint density at radius 2 is 1.52 bits per heavy atom. The van der Waals surface area contributed by atoms with Crippen molar-refractivity contribution in [2.45, 2.75) is 65.1 Å². The van der Waals surface area contributed by atoms with Crippen LogP contribution in [0.5, 0.6) is 11.5 Å². The lowest BCUT2D eigenvalue weighted by Crippen LogP contribution is -2.39. The topological polar surface area (TPSA) is 85.6 Å². The van der Waals surface area contributed by atoms with Crippen LogP contribution in [0.25, 0.3) is 0 Å². The number of fused-ring (bicyclic) bond motifs is 1. The third-order valence-corrected chi connectivity index (χ3v) is 5.26. The molecular weight excluding hydrogens is 390 g/mol. The van der Waals surface area contributed by atoms with Gasteiger partial charge in [0, 0.05) is 23.3 Å². The number of nitrogen functional groups attached to an aromatic ring is 1. The molecule has 170 valence electrons. The zero-order valence-electron chi connectivity index (χ0n) is 19.8. The fourth-order valence-electron chi connectivity index (χ4n) is 4.02. The van der Waals surface area contributed by atoms with Crippen molar-refractivity contribution in [1.82, 2.24) is 10.6 Å². The van der Waals surface area contributed by atoms with Crippen molar-refractivity contribution in [2.24, 2.45) is 0 Å². The van der Waals surface area contributed by atoms with Gasteiger partial charge in [0.2, 0.25) is 5.91 Å². The Morgan fingerprint density at radius 3 is 1.97 bits per heavy atom. The first-order valence-corrected chi connectivity index (χ1v) is 10.9. The fourth-order valence-corrected chi connectivity index (χ4v) is 4.02. The highest BCUT2D eigenvalue weighted by Crippen LogP contribution is 2.43. The molecule has 0 aromatic heterocycles. The minimum Gasteiger partial charge on any atom is -0.493 e. The molecular formula is C25H37N3O3. The third kappa shape index (κ3) is 5.91. The number of benzene rings is 2. The number of carbonyl (C=O) groups is 1. The van der Waals surface area contributed by atoms with Gasteiger partial charge in [-0.1, -0.05) is 52.8 Å². The van der Waals surface area contributed by atoms with Crippen LogP contribution < -0.4 is 25.8 Å². The zero-order chi connectivity index (χ0) is 23.1. The van der Waals surface area contributed by atoms with Crippen LogP contribution in [0.4, 0.5) is 5.69 Å². The van der Waals surface area contributed by atoms with Crippen molar-refractivity contribution < 1.29 is 14.3 Å². The molecule has 0 saturated carbocycles. The van der Waals surface area contributed by atoms with Gasteiger partial charge in [0.05, 0.1) is 26.2 Å². The summed E-state index contributed by atoms with van der Waals surface area (Å²) >= 11 is 0. The molecule has 0 radical (unpaired) electrons. The van der Waals surface area contributed by atoms with Crippen LogP contribution in [0, 0.1) is 0 Å². The molecule has 2 aromatic carbocycles. The summed E-state index contributed by atoms with van der Waals surface area (Å²) in [5.74, 6) is 1.07. The smallest absolute Gasteiger partial charge is 0.228 e. The SMILES string of the molecule is CC(C)NC(C)C.CCC1C(=O)NC(c2ccccc2N)c2cc(OC)c(OC)cc21. The van der Waals surface area contributed by atoms with Crippen LogP contribution in [0.3, 0.4) is 0 Å². The van der Waals surface area contributed by atoms with Crippen molar-refractivity contribution >= 4 is 11.6 Å². The number of ether oxygens (including phenoxy) is 2. The predicted octanol–water partition coefficient (Wildman–Crippen LogP) is 4.39. The maximum absolute atomic E-state index is 12.6. The normalized spacial score (nSPS) is 17.5. The number of amides is 1. The number of hydrogen-bond donors (Lipinski definition) is 3. The van der Waals surface area contributed by atoms with E-state index in [4.69, 9.17) is 15.2 Å². The van der Waals surface area contributed by atoms with E-state index < -0.39 is 0 Å². The van der Waals surface area contributed by atoms with Gasteiger partial charge in [-0.2, -0.15) is 0 Å². The highest BCUT2D eigenvalue weighted by molar-refractivity contribution is 5.88. The van der Waals surface area contributed by atoms with Crippen molar-refractivity contribution in [3.8, 4) is 11.5 Å². The molecule has 31 heavy (non-hydrogen) atoms. The number of rotatable bonds is 6. The first kappa shape index (κ1) is 24.5. The Kier molecular flexibility index (Phi) is 8.75. The van der Waals surface area contributed by atoms with Gasteiger partial charge in [-0.05, 0) is 35.7 Å². The van der Waals surface area contributed by atoms with Crippen LogP contribution in [-0.4, -0.2) is 32.2 Å². The number of para-hydroxylation sites is 1. The summed E-state index contributed by atoms with van der Waals surface area (Å²) in [7, 11) is 3.20. The van der Waals surface area contributed by atoms with Gasteiger partial charge in [-0.3, -0.25) is 4.79 Å². The van der Waals surface area contributed by atoms with Crippen LogP contribution in [0.1, 0.15) is 69.7 Å². The second-order valence-electron chi connectivity index (χ2n) is 8.34. The van der Waals surface area contributed by atoms with Gasteiger partial charge in [0.15, 0.2) is 11.5 Å². The molecule has 1 heterocycles. The highest BCUT2D eigenvalue weighted by atomic mass is 16.5. The van der Waals surface area contributed by atoms with E-state index in [1.54, 1.807) is 14.2 Å². The number of methoxy groups -OCH3 is 2. The quantitative estimate of drug-likeness (QED) is 0.595. The van der Waals surface area contributed by atoms with E-state index in [0.29, 0.717) is 35.7 Å². The molecule has 1 amide bonds. The molecule has 6 nitrogen and oxygen atoms in total. The molecule has 6 heteroatoms. The minimum atomic E-state index is -0.295. The van der Waals surface area contributed by atoms with Gasteiger partial charge in [0.1, 0.15) is 0 Å². The second-order valence-corrected chi connectivity index (χ2v) is 8.34. The first-order valence-electron chi connectivity index (χ1n) is 10.9. The lowest BCUT2D eigenvalue weighted by atomic mass is 9.81. The Balaban J connectivity index is 0.000000423. The van der Waals surface area contributed by atoms with Crippen molar-refractivity contribution in [3.05, 3.63) is 53.1 Å². The van der Waals surface area contributed by atoms with E-state index in [1.807, 2.05) is 43.3 Å². The summed E-state index contributed by atoms with van der Waals surface area (Å²) in [6.07, 6.45) is 0.714. The molecule has 1 aliphatic heterocycles. The van der Waals surface area contributed by atoms with E-state index in [2.05, 4.69) is 38.3 Å². The van der Waals surface area contributed by atoms with Crippen LogP contribution in [-0.2, 0) is 4.79 Å². The van der Waals surface area contributed by atoms with Crippen molar-refractivity contribution in [3.63, 3.8) is 0 Å². The van der Waals surface area contributed by atoms with Crippen LogP contribution >= 0.6 is 0 Å². The molecule has 2 atom stereocenters. The van der Waals surface area contributed by atoms with Gasteiger partial charge >= 0.3 is 0 Å². The molecule has 0 aliphatic carbocycles. The second kappa shape index (κ2) is 11.0. The average molecular weight is 428 g/mol. The van der Waals surface area contributed by atoms with Crippen molar-refractivity contribution in [2.75, 3.05) is 20.0 Å².